The second kappa shape index (κ2) is 6.11. The number of aromatic amines is 1. The second-order valence-electron chi connectivity index (χ2n) is 4.07. The maximum absolute atomic E-state index is 12.3. The third kappa shape index (κ3) is 3.02. The highest BCUT2D eigenvalue weighted by Gasteiger charge is 2.17. The summed E-state index contributed by atoms with van der Waals surface area (Å²) in [6, 6.07) is 3.04. The number of amides is 1. The zero-order chi connectivity index (χ0) is 14.7. The summed E-state index contributed by atoms with van der Waals surface area (Å²) >= 11 is 12.0. The molecule has 1 amide bonds. The number of carbonyl (C=O) groups is 1. The van der Waals surface area contributed by atoms with Crippen LogP contribution in [0.1, 0.15) is 16.2 Å². The molecule has 0 saturated heterocycles. The zero-order valence-electron chi connectivity index (χ0n) is 10.9. The van der Waals surface area contributed by atoms with Crippen LogP contribution in [-0.2, 0) is 6.54 Å². The first kappa shape index (κ1) is 14.6. The number of methoxy groups -OCH3 is 1. The fourth-order valence-corrected chi connectivity index (χ4v) is 2.34. The SMILES string of the molecule is COc1c(Cl)cc(C(=O)N(C)Cc2ncn[nH]2)cc1Cl. The van der Waals surface area contributed by atoms with Crippen molar-refractivity contribution in [1.29, 1.82) is 0 Å². The molecule has 8 heteroatoms. The number of halogens is 2. The summed E-state index contributed by atoms with van der Waals surface area (Å²) in [6.07, 6.45) is 1.38. The minimum absolute atomic E-state index is 0.229. The standard InChI is InChI=1S/C12H12Cl2N4O2/c1-18(5-10-15-6-16-17-10)12(19)7-3-8(13)11(20-2)9(14)4-7/h3-4,6H,5H2,1-2H3,(H,15,16,17). The van der Waals surface area contributed by atoms with Crippen molar-refractivity contribution in [3.63, 3.8) is 0 Å². The van der Waals surface area contributed by atoms with Gasteiger partial charge in [-0.15, -0.1) is 0 Å². The topological polar surface area (TPSA) is 71.1 Å². The van der Waals surface area contributed by atoms with E-state index in [-0.39, 0.29) is 16.0 Å². The van der Waals surface area contributed by atoms with Crippen molar-refractivity contribution < 1.29 is 9.53 Å². The van der Waals surface area contributed by atoms with E-state index in [0.717, 1.165) is 0 Å². The third-order valence-corrected chi connectivity index (χ3v) is 3.21. The minimum Gasteiger partial charge on any atom is -0.494 e. The molecule has 1 aromatic heterocycles. The number of carbonyl (C=O) groups excluding carboxylic acids is 1. The number of benzene rings is 1. The lowest BCUT2D eigenvalue weighted by Gasteiger charge is -2.16. The van der Waals surface area contributed by atoms with Gasteiger partial charge in [0.05, 0.1) is 23.7 Å². The molecule has 0 unspecified atom stereocenters. The molecule has 0 fully saturated rings. The van der Waals surface area contributed by atoms with E-state index in [9.17, 15) is 4.79 Å². The van der Waals surface area contributed by atoms with E-state index in [2.05, 4.69) is 15.2 Å². The van der Waals surface area contributed by atoms with E-state index in [4.69, 9.17) is 27.9 Å². The summed E-state index contributed by atoms with van der Waals surface area (Å²) in [5, 5.41) is 6.99. The van der Waals surface area contributed by atoms with Crippen molar-refractivity contribution in [3.05, 3.63) is 39.9 Å². The fraction of sp³-hybridized carbons (Fsp3) is 0.250. The molecule has 0 radical (unpaired) electrons. The Bertz CT molecular complexity index is 593. The predicted molar refractivity (Wildman–Crippen MR) is 75.2 cm³/mol. The van der Waals surface area contributed by atoms with Gasteiger partial charge in [-0.1, -0.05) is 23.2 Å². The number of nitrogens with one attached hydrogen (secondary N) is 1. The second-order valence-corrected chi connectivity index (χ2v) is 4.88. The molecule has 0 aliphatic carbocycles. The van der Waals surface area contributed by atoms with Gasteiger partial charge in [0.1, 0.15) is 12.2 Å². The Morgan fingerprint density at radius 3 is 2.55 bits per heavy atom. The summed E-state index contributed by atoms with van der Waals surface area (Å²) in [5.74, 6) is 0.710. The Balaban J connectivity index is 2.20. The normalized spacial score (nSPS) is 10.4. The molecule has 0 saturated carbocycles. The van der Waals surface area contributed by atoms with Crippen LogP contribution in [0.2, 0.25) is 10.0 Å². The number of H-pyrrole nitrogens is 1. The highest BCUT2D eigenvalue weighted by atomic mass is 35.5. The van der Waals surface area contributed by atoms with Crippen molar-refractivity contribution in [2.75, 3.05) is 14.2 Å². The lowest BCUT2D eigenvalue weighted by molar-refractivity contribution is 0.0781. The highest BCUT2D eigenvalue weighted by molar-refractivity contribution is 6.37. The first-order valence-electron chi connectivity index (χ1n) is 5.65. The molecule has 2 aromatic rings. The average Bonchev–Trinajstić information content (AvgIpc) is 2.90. The van der Waals surface area contributed by atoms with Gasteiger partial charge in [-0.05, 0) is 12.1 Å². The lowest BCUT2D eigenvalue weighted by atomic mass is 10.2. The molecule has 1 aromatic carbocycles. The first-order valence-corrected chi connectivity index (χ1v) is 6.41. The highest BCUT2D eigenvalue weighted by Crippen LogP contribution is 2.34. The number of rotatable bonds is 4. The molecule has 0 aliphatic rings. The maximum Gasteiger partial charge on any atom is 0.254 e. The maximum atomic E-state index is 12.3. The Labute approximate surface area is 125 Å². The van der Waals surface area contributed by atoms with Crippen molar-refractivity contribution in [1.82, 2.24) is 20.1 Å². The molecule has 20 heavy (non-hydrogen) atoms. The Kier molecular flexibility index (Phi) is 4.46. The molecular formula is C12H12Cl2N4O2. The Hall–Kier alpha value is -1.79. The summed E-state index contributed by atoms with van der Waals surface area (Å²) < 4.78 is 5.04. The summed E-state index contributed by atoms with van der Waals surface area (Å²) in [7, 11) is 3.11. The van der Waals surface area contributed by atoms with Gasteiger partial charge < -0.3 is 9.64 Å². The largest absolute Gasteiger partial charge is 0.494 e. The Morgan fingerprint density at radius 2 is 2.05 bits per heavy atom. The van der Waals surface area contributed by atoms with Crippen LogP contribution in [0.5, 0.6) is 5.75 Å². The smallest absolute Gasteiger partial charge is 0.254 e. The van der Waals surface area contributed by atoms with Gasteiger partial charge in [0.25, 0.3) is 5.91 Å². The van der Waals surface area contributed by atoms with Gasteiger partial charge in [0.2, 0.25) is 0 Å². The average molecular weight is 315 g/mol. The first-order chi connectivity index (χ1) is 9.52. The van der Waals surface area contributed by atoms with Gasteiger partial charge in [-0.2, -0.15) is 5.10 Å². The van der Waals surface area contributed by atoms with Crippen molar-refractivity contribution in [3.8, 4) is 5.75 Å². The van der Waals surface area contributed by atoms with Crippen LogP contribution in [0, 0.1) is 0 Å². The van der Waals surface area contributed by atoms with Crippen LogP contribution in [0.4, 0.5) is 0 Å². The van der Waals surface area contributed by atoms with Crippen molar-refractivity contribution in [2.45, 2.75) is 6.54 Å². The zero-order valence-corrected chi connectivity index (χ0v) is 12.4. The molecule has 0 aliphatic heterocycles. The van der Waals surface area contributed by atoms with Crippen molar-refractivity contribution in [2.24, 2.45) is 0 Å². The summed E-state index contributed by atoms with van der Waals surface area (Å²) in [4.78, 5) is 17.7. The number of hydrogen-bond acceptors (Lipinski definition) is 4. The molecule has 0 atom stereocenters. The van der Waals surface area contributed by atoms with Gasteiger partial charge >= 0.3 is 0 Å². The number of hydrogen-bond donors (Lipinski definition) is 1. The molecule has 0 bridgehead atoms. The predicted octanol–water partition coefficient (Wildman–Crippen LogP) is 2.39. The molecule has 6 nitrogen and oxygen atoms in total. The van der Waals surface area contributed by atoms with Gasteiger partial charge in [-0.25, -0.2) is 4.98 Å². The molecular weight excluding hydrogens is 303 g/mol. The third-order valence-electron chi connectivity index (χ3n) is 2.65. The number of nitrogens with zero attached hydrogens (tertiary/aromatic N) is 3. The van der Waals surface area contributed by atoms with Crippen molar-refractivity contribution >= 4 is 29.1 Å². The molecule has 1 heterocycles. The van der Waals surface area contributed by atoms with Crippen LogP contribution in [0.3, 0.4) is 0 Å². The molecule has 2 rings (SSSR count). The van der Waals surface area contributed by atoms with E-state index >= 15 is 0 Å². The number of aromatic nitrogens is 3. The molecule has 106 valence electrons. The van der Waals surface area contributed by atoms with E-state index in [0.29, 0.717) is 23.7 Å². The monoisotopic (exact) mass is 314 g/mol. The quantitative estimate of drug-likeness (QED) is 0.940. The van der Waals surface area contributed by atoms with E-state index in [1.54, 1.807) is 7.05 Å². The fourth-order valence-electron chi connectivity index (χ4n) is 1.70. The minimum atomic E-state index is -0.229. The van der Waals surface area contributed by atoms with Crippen LogP contribution >= 0.6 is 23.2 Å². The van der Waals surface area contributed by atoms with Crippen LogP contribution in [-0.4, -0.2) is 40.1 Å². The van der Waals surface area contributed by atoms with Crippen LogP contribution in [0.15, 0.2) is 18.5 Å². The van der Waals surface area contributed by atoms with E-state index < -0.39 is 0 Å². The van der Waals surface area contributed by atoms with Gasteiger partial charge in [0, 0.05) is 12.6 Å². The van der Waals surface area contributed by atoms with Crippen LogP contribution < -0.4 is 4.74 Å². The molecule has 0 spiro atoms. The van der Waals surface area contributed by atoms with Gasteiger partial charge in [0.15, 0.2) is 5.75 Å². The Morgan fingerprint density at radius 1 is 1.40 bits per heavy atom. The van der Waals surface area contributed by atoms with E-state index in [1.165, 1.54) is 30.5 Å². The van der Waals surface area contributed by atoms with Gasteiger partial charge in [-0.3, -0.25) is 9.89 Å². The summed E-state index contributed by atoms with van der Waals surface area (Å²) in [5.41, 5.74) is 0.378. The summed E-state index contributed by atoms with van der Waals surface area (Å²) in [6.45, 7) is 0.306. The number of ether oxygens (including phenoxy) is 1. The van der Waals surface area contributed by atoms with Crippen LogP contribution in [0.25, 0.3) is 0 Å². The molecule has 1 N–H and O–H groups in total. The van der Waals surface area contributed by atoms with E-state index in [1.807, 2.05) is 0 Å². The lowest BCUT2D eigenvalue weighted by Crippen LogP contribution is -2.26.